The van der Waals surface area contributed by atoms with Crippen molar-refractivity contribution in [1.82, 2.24) is 9.88 Å². The predicted octanol–water partition coefficient (Wildman–Crippen LogP) is 2.68. The minimum atomic E-state index is -0.455. The maximum absolute atomic E-state index is 11.5. The number of carbonyl (C=O) groups excluding carboxylic acids is 1. The van der Waals surface area contributed by atoms with Gasteiger partial charge < -0.3 is 13.9 Å². The molecule has 0 spiro atoms. The molecule has 1 fully saturated rings. The molecular weight excluding hydrogens is 296 g/mol. The second-order valence-electron chi connectivity index (χ2n) is 5.58. The Morgan fingerprint density at radius 2 is 2.13 bits per heavy atom. The first kappa shape index (κ1) is 15.6. The van der Waals surface area contributed by atoms with E-state index in [-0.39, 0.29) is 17.9 Å². The third kappa shape index (κ3) is 3.53. The molecule has 2 aromatic heterocycles. The first-order valence-corrected chi connectivity index (χ1v) is 7.66. The van der Waals surface area contributed by atoms with Crippen LogP contribution in [-0.4, -0.2) is 42.2 Å². The third-order valence-electron chi connectivity index (χ3n) is 4.10. The summed E-state index contributed by atoms with van der Waals surface area (Å²) in [5, 5.41) is 0. The van der Waals surface area contributed by atoms with Gasteiger partial charge in [-0.25, -0.2) is 4.79 Å². The molecular formula is C17H20N2O4. The SMILES string of the molecule is COC(=O)c1ccc([C@@H](C)N2CC[C@@H](Oc3ccncc3)C2)o1. The van der Waals surface area contributed by atoms with E-state index in [1.807, 2.05) is 18.2 Å². The molecule has 0 aliphatic carbocycles. The lowest BCUT2D eigenvalue weighted by Crippen LogP contribution is -2.27. The van der Waals surface area contributed by atoms with Crippen molar-refractivity contribution in [3.8, 4) is 5.75 Å². The zero-order valence-electron chi connectivity index (χ0n) is 13.3. The summed E-state index contributed by atoms with van der Waals surface area (Å²) < 4.78 is 16.2. The summed E-state index contributed by atoms with van der Waals surface area (Å²) in [6.45, 7) is 3.80. The van der Waals surface area contributed by atoms with Crippen LogP contribution in [0.15, 0.2) is 41.1 Å². The van der Waals surface area contributed by atoms with E-state index in [9.17, 15) is 4.79 Å². The molecule has 23 heavy (non-hydrogen) atoms. The Labute approximate surface area is 135 Å². The average Bonchev–Trinajstić information content (AvgIpc) is 3.24. The molecule has 0 amide bonds. The van der Waals surface area contributed by atoms with Crippen LogP contribution in [-0.2, 0) is 4.74 Å². The molecule has 2 aromatic rings. The standard InChI is InChI=1S/C17H20N2O4/c1-12(15-3-4-16(23-15)17(20)21-2)19-10-7-14(11-19)22-13-5-8-18-9-6-13/h3-6,8-9,12,14H,7,10-11H2,1-2H3/t12-,14-/m1/s1. The van der Waals surface area contributed by atoms with E-state index in [4.69, 9.17) is 9.15 Å². The first-order chi connectivity index (χ1) is 11.2. The van der Waals surface area contributed by atoms with Gasteiger partial charge in [0.15, 0.2) is 0 Å². The van der Waals surface area contributed by atoms with Crippen LogP contribution in [0.5, 0.6) is 5.75 Å². The number of aromatic nitrogens is 1. The lowest BCUT2D eigenvalue weighted by atomic mass is 10.2. The Balaban J connectivity index is 1.60. The van der Waals surface area contributed by atoms with Gasteiger partial charge in [-0.2, -0.15) is 0 Å². The van der Waals surface area contributed by atoms with E-state index in [0.29, 0.717) is 0 Å². The number of ether oxygens (including phenoxy) is 2. The van der Waals surface area contributed by atoms with Crippen LogP contribution < -0.4 is 4.74 Å². The summed E-state index contributed by atoms with van der Waals surface area (Å²) in [5.74, 6) is 1.38. The molecule has 0 N–H and O–H groups in total. The van der Waals surface area contributed by atoms with Gasteiger partial charge in [-0.1, -0.05) is 0 Å². The van der Waals surface area contributed by atoms with Crippen molar-refractivity contribution in [1.29, 1.82) is 0 Å². The molecule has 6 nitrogen and oxygen atoms in total. The maximum atomic E-state index is 11.5. The topological polar surface area (TPSA) is 64.8 Å². The zero-order chi connectivity index (χ0) is 16.2. The Morgan fingerprint density at radius 1 is 1.35 bits per heavy atom. The lowest BCUT2D eigenvalue weighted by Gasteiger charge is -2.22. The number of methoxy groups -OCH3 is 1. The predicted molar refractivity (Wildman–Crippen MR) is 83.3 cm³/mol. The van der Waals surface area contributed by atoms with E-state index in [1.165, 1.54) is 7.11 Å². The van der Waals surface area contributed by atoms with Crippen LogP contribution >= 0.6 is 0 Å². The number of likely N-dealkylation sites (tertiary alicyclic amines) is 1. The minimum Gasteiger partial charge on any atom is -0.489 e. The fourth-order valence-electron chi connectivity index (χ4n) is 2.78. The van der Waals surface area contributed by atoms with Crippen molar-refractivity contribution in [2.75, 3.05) is 20.2 Å². The maximum Gasteiger partial charge on any atom is 0.373 e. The van der Waals surface area contributed by atoms with E-state index in [1.54, 1.807) is 18.5 Å². The number of nitrogens with zero attached hydrogens (tertiary/aromatic N) is 2. The van der Waals surface area contributed by atoms with Gasteiger partial charge in [0.2, 0.25) is 5.76 Å². The van der Waals surface area contributed by atoms with Crippen molar-refractivity contribution < 1.29 is 18.7 Å². The van der Waals surface area contributed by atoms with Crippen LogP contribution in [0.25, 0.3) is 0 Å². The smallest absolute Gasteiger partial charge is 0.373 e. The molecule has 6 heteroatoms. The summed E-state index contributed by atoms with van der Waals surface area (Å²) in [5.41, 5.74) is 0. The Hall–Kier alpha value is -2.34. The summed E-state index contributed by atoms with van der Waals surface area (Å²) in [4.78, 5) is 17.7. The molecule has 3 rings (SSSR count). The summed E-state index contributed by atoms with van der Waals surface area (Å²) in [6, 6.07) is 7.29. The number of rotatable bonds is 5. The molecule has 3 heterocycles. The highest BCUT2D eigenvalue weighted by Gasteiger charge is 2.30. The Morgan fingerprint density at radius 3 is 2.87 bits per heavy atom. The van der Waals surface area contributed by atoms with Crippen LogP contribution in [0.3, 0.4) is 0 Å². The summed E-state index contributed by atoms with van der Waals surface area (Å²) in [7, 11) is 1.34. The van der Waals surface area contributed by atoms with E-state index >= 15 is 0 Å². The van der Waals surface area contributed by atoms with E-state index in [0.717, 1.165) is 31.0 Å². The van der Waals surface area contributed by atoms with Gasteiger partial charge >= 0.3 is 5.97 Å². The number of esters is 1. The van der Waals surface area contributed by atoms with Gasteiger partial charge in [-0.3, -0.25) is 9.88 Å². The van der Waals surface area contributed by atoms with Gasteiger partial charge in [0.25, 0.3) is 0 Å². The normalized spacial score (nSPS) is 19.5. The number of carbonyl (C=O) groups is 1. The highest BCUT2D eigenvalue weighted by atomic mass is 16.5. The second kappa shape index (κ2) is 6.83. The molecule has 0 radical (unpaired) electrons. The largest absolute Gasteiger partial charge is 0.489 e. The molecule has 0 aromatic carbocycles. The van der Waals surface area contributed by atoms with Crippen molar-refractivity contribution >= 4 is 5.97 Å². The van der Waals surface area contributed by atoms with Crippen LogP contribution in [0.1, 0.15) is 35.7 Å². The van der Waals surface area contributed by atoms with Crippen molar-refractivity contribution in [3.05, 3.63) is 48.2 Å². The van der Waals surface area contributed by atoms with Crippen LogP contribution in [0, 0.1) is 0 Å². The lowest BCUT2D eigenvalue weighted by molar-refractivity contribution is 0.0559. The summed E-state index contributed by atoms with van der Waals surface area (Å²) >= 11 is 0. The fraction of sp³-hybridized carbons (Fsp3) is 0.412. The first-order valence-electron chi connectivity index (χ1n) is 7.66. The van der Waals surface area contributed by atoms with Crippen LogP contribution in [0.2, 0.25) is 0 Å². The summed E-state index contributed by atoms with van der Waals surface area (Å²) in [6.07, 6.45) is 4.55. The number of pyridine rings is 1. The number of hydrogen-bond donors (Lipinski definition) is 0. The number of furan rings is 1. The Bertz CT molecular complexity index is 656. The zero-order valence-corrected chi connectivity index (χ0v) is 13.3. The molecule has 1 saturated heterocycles. The highest BCUT2D eigenvalue weighted by Crippen LogP contribution is 2.28. The van der Waals surface area contributed by atoms with Gasteiger partial charge in [-0.05, 0) is 37.6 Å². The van der Waals surface area contributed by atoms with Crippen LogP contribution in [0.4, 0.5) is 0 Å². The van der Waals surface area contributed by atoms with Crippen molar-refractivity contribution in [2.45, 2.75) is 25.5 Å². The third-order valence-corrected chi connectivity index (χ3v) is 4.10. The molecule has 2 atom stereocenters. The second-order valence-corrected chi connectivity index (χ2v) is 5.58. The van der Waals surface area contributed by atoms with Gasteiger partial charge in [0.05, 0.1) is 13.2 Å². The molecule has 0 bridgehead atoms. The van der Waals surface area contributed by atoms with E-state index < -0.39 is 5.97 Å². The molecule has 122 valence electrons. The highest BCUT2D eigenvalue weighted by molar-refractivity contribution is 5.86. The van der Waals surface area contributed by atoms with E-state index in [2.05, 4.69) is 21.5 Å². The number of hydrogen-bond acceptors (Lipinski definition) is 6. The van der Waals surface area contributed by atoms with Gasteiger partial charge in [-0.15, -0.1) is 0 Å². The molecule has 1 aliphatic rings. The quantitative estimate of drug-likeness (QED) is 0.790. The van der Waals surface area contributed by atoms with Crippen molar-refractivity contribution in [2.24, 2.45) is 0 Å². The van der Waals surface area contributed by atoms with Gasteiger partial charge in [0, 0.05) is 25.5 Å². The molecule has 0 unspecified atom stereocenters. The monoisotopic (exact) mass is 316 g/mol. The Kier molecular flexibility index (Phi) is 4.62. The average molecular weight is 316 g/mol. The van der Waals surface area contributed by atoms with Crippen molar-refractivity contribution in [3.63, 3.8) is 0 Å². The fourth-order valence-corrected chi connectivity index (χ4v) is 2.78. The minimum absolute atomic E-state index is 0.0828. The molecule has 1 aliphatic heterocycles. The molecule has 0 saturated carbocycles. The van der Waals surface area contributed by atoms with Gasteiger partial charge in [0.1, 0.15) is 17.6 Å².